The number of anilines is 1. The lowest BCUT2D eigenvalue weighted by Gasteiger charge is -2.18. The lowest BCUT2D eigenvalue weighted by atomic mass is 10.1. The standard InChI is InChI=1S/C16H18ClN3O/c1-10(2)21-15-9-18-8-14(19-15)20-16-12-6-4-3-5-11(12)7-13(16)17/h3-6,8-10,13,16H,7H2,1-2H3,(H,19,20). The number of nitrogens with zero attached hydrogens (tertiary/aromatic N) is 2. The van der Waals surface area contributed by atoms with Crippen LogP contribution in [0, 0.1) is 0 Å². The van der Waals surface area contributed by atoms with Gasteiger partial charge in [0.25, 0.3) is 0 Å². The highest BCUT2D eigenvalue weighted by Gasteiger charge is 2.30. The fourth-order valence-corrected chi connectivity index (χ4v) is 2.95. The number of rotatable bonds is 4. The number of nitrogens with one attached hydrogen (secondary N) is 1. The molecule has 1 aliphatic carbocycles. The monoisotopic (exact) mass is 303 g/mol. The Morgan fingerprint density at radius 1 is 1.29 bits per heavy atom. The molecule has 110 valence electrons. The molecule has 1 aromatic carbocycles. The zero-order chi connectivity index (χ0) is 14.8. The van der Waals surface area contributed by atoms with Gasteiger partial charge in [-0.05, 0) is 31.4 Å². The number of hydrogen-bond donors (Lipinski definition) is 1. The third-order valence-corrected chi connectivity index (χ3v) is 3.85. The molecule has 3 rings (SSSR count). The van der Waals surface area contributed by atoms with Crippen molar-refractivity contribution in [3.05, 3.63) is 47.8 Å². The summed E-state index contributed by atoms with van der Waals surface area (Å²) in [5.41, 5.74) is 2.52. The first-order valence-corrected chi connectivity index (χ1v) is 7.54. The predicted molar refractivity (Wildman–Crippen MR) is 83.9 cm³/mol. The van der Waals surface area contributed by atoms with Gasteiger partial charge in [-0.2, -0.15) is 4.98 Å². The lowest BCUT2D eigenvalue weighted by molar-refractivity contribution is 0.232. The van der Waals surface area contributed by atoms with Crippen molar-refractivity contribution in [1.29, 1.82) is 0 Å². The molecular weight excluding hydrogens is 286 g/mol. The smallest absolute Gasteiger partial charge is 0.234 e. The summed E-state index contributed by atoms with van der Waals surface area (Å²) in [6, 6.07) is 8.35. The molecule has 4 nitrogen and oxygen atoms in total. The highest BCUT2D eigenvalue weighted by molar-refractivity contribution is 6.21. The Bertz CT molecular complexity index is 632. The highest BCUT2D eigenvalue weighted by atomic mass is 35.5. The molecule has 0 spiro atoms. The molecule has 0 radical (unpaired) electrons. The van der Waals surface area contributed by atoms with E-state index in [9.17, 15) is 0 Å². The van der Waals surface area contributed by atoms with Crippen LogP contribution in [0.3, 0.4) is 0 Å². The summed E-state index contributed by atoms with van der Waals surface area (Å²) in [4.78, 5) is 8.60. The van der Waals surface area contributed by atoms with E-state index in [1.54, 1.807) is 12.4 Å². The van der Waals surface area contributed by atoms with E-state index in [0.29, 0.717) is 11.7 Å². The van der Waals surface area contributed by atoms with E-state index in [-0.39, 0.29) is 17.5 Å². The molecule has 2 aromatic rings. The summed E-state index contributed by atoms with van der Waals surface area (Å²) in [6.45, 7) is 3.92. The van der Waals surface area contributed by atoms with Gasteiger partial charge in [-0.1, -0.05) is 24.3 Å². The van der Waals surface area contributed by atoms with Crippen LogP contribution in [0.25, 0.3) is 0 Å². The molecule has 0 aliphatic heterocycles. The normalized spacial score (nSPS) is 20.4. The van der Waals surface area contributed by atoms with Gasteiger partial charge in [0.2, 0.25) is 5.88 Å². The van der Waals surface area contributed by atoms with Crippen LogP contribution in [0.2, 0.25) is 0 Å². The van der Waals surface area contributed by atoms with Crippen molar-refractivity contribution >= 4 is 17.4 Å². The molecule has 0 saturated carbocycles. The van der Waals surface area contributed by atoms with Gasteiger partial charge >= 0.3 is 0 Å². The van der Waals surface area contributed by atoms with Gasteiger partial charge in [0, 0.05) is 0 Å². The summed E-state index contributed by atoms with van der Waals surface area (Å²) >= 11 is 6.48. The number of ether oxygens (including phenoxy) is 1. The van der Waals surface area contributed by atoms with Crippen molar-refractivity contribution in [2.24, 2.45) is 0 Å². The molecular formula is C16H18ClN3O. The molecule has 1 N–H and O–H groups in total. The van der Waals surface area contributed by atoms with Crippen molar-refractivity contribution in [3.63, 3.8) is 0 Å². The van der Waals surface area contributed by atoms with Crippen molar-refractivity contribution < 1.29 is 4.74 Å². The molecule has 0 saturated heterocycles. The Kier molecular flexibility index (Phi) is 3.97. The number of aromatic nitrogens is 2. The average molecular weight is 304 g/mol. The summed E-state index contributed by atoms with van der Waals surface area (Å²) in [7, 11) is 0. The fraction of sp³-hybridized carbons (Fsp3) is 0.375. The lowest BCUT2D eigenvalue weighted by Crippen LogP contribution is -2.18. The zero-order valence-corrected chi connectivity index (χ0v) is 12.8. The van der Waals surface area contributed by atoms with Gasteiger partial charge in [-0.3, -0.25) is 4.98 Å². The first-order valence-electron chi connectivity index (χ1n) is 7.10. The predicted octanol–water partition coefficient (Wildman–Crippen LogP) is 3.58. The van der Waals surface area contributed by atoms with Crippen LogP contribution in [0.5, 0.6) is 5.88 Å². The van der Waals surface area contributed by atoms with E-state index in [0.717, 1.165) is 6.42 Å². The van der Waals surface area contributed by atoms with Crippen LogP contribution in [0.4, 0.5) is 5.82 Å². The van der Waals surface area contributed by atoms with Gasteiger partial charge in [-0.25, -0.2) is 0 Å². The average Bonchev–Trinajstić information content (AvgIpc) is 2.75. The molecule has 0 amide bonds. The van der Waals surface area contributed by atoms with Crippen LogP contribution in [0.15, 0.2) is 36.7 Å². The van der Waals surface area contributed by atoms with E-state index >= 15 is 0 Å². The Hall–Kier alpha value is -1.81. The first kappa shape index (κ1) is 14.1. The molecule has 2 atom stereocenters. The van der Waals surface area contributed by atoms with Crippen LogP contribution in [0.1, 0.15) is 31.0 Å². The summed E-state index contributed by atoms with van der Waals surface area (Å²) < 4.78 is 5.57. The van der Waals surface area contributed by atoms with E-state index < -0.39 is 0 Å². The van der Waals surface area contributed by atoms with Crippen molar-refractivity contribution in [1.82, 2.24) is 9.97 Å². The van der Waals surface area contributed by atoms with E-state index in [1.807, 2.05) is 26.0 Å². The minimum absolute atomic E-state index is 0.0128. The highest BCUT2D eigenvalue weighted by Crippen LogP contribution is 2.36. The zero-order valence-electron chi connectivity index (χ0n) is 12.1. The Morgan fingerprint density at radius 3 is 2.90 bits per heavy atom. The van der Waals surface area contributed by atoms with Crippen LogP contribution in [-0.2, 0) is 6.42 Å². The quantitative estimate of drug-likeness (QED) is 0.877. The number of benzene rings is 1. The summed E-state index contributed by atoms with van der Waals surface area (Å²) in [5.74, 6) is 1.20. The minimum atomic E-state index is 0.0128. The second-order valence-electron chi connectivity index (χ2n) is 5.45. The van der Waals surface area contributed by atoms with E-state index in [1.165, 1.54) is 11.1 Å². The minimum Gasteiger partial charge on any atom is -0.474 e. The van der Waals surface area contributed by atoms with Gasteiger partial charge in [-0.15, -0.1) is 11.6 Å². The third kappa shape index (κ3) is 3.10. The van der Waals surface area contributed by atoms with Gasteiger partial charge in [0.15, 0.2) is 0 Å². The van der Waals surface area contributed by atoms with Crippen LogP contribution in [-0.4, -0.2) is 21.4 Å². The maximum atomic E-state index is 6.48. The van der Waals surface area contributed by atoms with Gasteiger partial charge in [0.05, 0.1) is 29.9 Å². The number of alkyl halides is 1. The second-order valence-corrected chi connectivity index (χ2v) is 6.01. The molecule has 2 unspecified atom stereocenters. The van der Waals surface area contributed by atoms with Crippen LogP contribution >= 0.6 is 11.6 Å². The van der Waals surface area contributed by atoms with Gasteiger partial charge < -0.3 is 10.1 Å². The molecule has 1 aromatic heterocycles. The largest absolute Gasteiger partial charge is 0.474 e. The maximum Gasteiger partial charge on any atom is 0.234 e. The SMILES string of the molecule is CC(C)Oc1cncc(NC2c3ccccc3CC2Cl)n1. The van der Waals surface area contributed by atoms with E-state index in [2.05, 4.69) is 27.4 Å². The van der Waals surface area contributed by atoms with Crippen molar-refractivity contribution in [2.45, 2.75) is 37.8 Å². The second kappa shape index (κ2) is 5.90. The number of hydrogen-bond acceptors (Lipinski definition) is 4. The Morgan fingerprint density at radius 2 is 2.10 bits per heavy atom. The fourth-order valence-electron chi connectivity index (χ4n) is 2.59. The number of halogens is 1. The molecule has 5 heteroatoms. The molecule has 0 bridgehead atoms. The molecule has 1 heterocycles. The van der Waals surface area contributed by atoms with Crippen LogP contribution < -0.4 is 10.1 Å². The molecule has 1 aliphatic rings. The topological polar surface area (TPSA) is 47.0 Å². The van der Waals surface area contributed by atoms with Crippen molar-refractivity contribution in [2.75, 3.05) is 5.32 Å². The first-order chi connectivity index (χ1) is 10.1. The van der Waals surface area contributed by atoms with Crippen molar-refractivity contribution in [3.8, 4) is 5.88 Å². The van der Waals surface area contributed by atoms with Gasteiger partial charge in [0.1, 0.15) is 5.82 Å². The van der Waals surface area contributed by atoms with E-state index in [4.69, 9.17) is 16.3 Å². The Balaban J connectivity index is 1.81. The Labute approximate surface area is 129 Å². The maximum absolute atomic E-state index is 6.48. The summed E-state index contributed by atoms with van der Waals surface area (Å²) in [5, 5.41) is 3.39. The molecule has 0 fully saturated rings. The molecule has 21 heavy (non-hydrogen) atoms. The third-order valence-electron chi connectivity index (χ3n) is 3.44. The summed E-state index contributed by atoms with van der Waals surface area (Å²) in [6.07, 6.45) is 4.25. The number of fused-ring (bicyclic) bond motifs is 1.